The van der Waals surface area contributed by atoms with Gasteiger partial charge in [0.2, 0.25) is 5.91 Å². The van der Waals surface area contributed by atoms with Crippen LogP contribution in [0.25, 0.3) is 0 Å². The number of piperidine rings is 1. The fourth-order valence-corrected chi connectivity index (χ4v) is 2.87. The number of carbonyl (C=O) groups is 2. The van der Waals surface area contributed by atoms with Gasteiger partial charge < -0.3 is 10.1 Å². The zero-order valence-corrected chi connectivity index (χ0v) is 11.8. The number of hydrogen-bond donors (Lipinski definition) is 1. The second-order valence-corrected chi connectivity index (χ2v) is 5.67. The molecule has 1 N–H and O–H groups in total. The van der Waals surface area contributed by atoms with E-state index in [4.69, 9.17) is 4.74 Å². The van der Waals surface area contributed by atoms with Gasteiger partial charge in [-0.2, -0.15) is 13.2 Å². The SMILES string of the molecule is C[C@@H]1C[C@@H](N2CCC[C@@H](C(=O)NCC(F)(F)F)C2)C(=O)O1. The summed E-state index contributed by atoms with van der Waals surface area (Å²) >= 11 is 0. The van der Waals surface area contributed by atoms with Gasteiger partial charge in [-0.1, -0.05) is 0 Å². The molecule has 2 fully saturated rings. The van der Waals surface area contributed by atoms with Gasteiger partial charge in [0.1, 0.15) is 18.7 Å². The van der Waals surface area contributed by atoms with Gasteiger partial charge >= 0.3 is 12.1 Å². The van der Waals surface area contributed by atoms with E-state index in [0.29, 0.717) is 32.4 Å². The quantitative estimate of drug-likeness (QED) is 0.793. The maximum Gasteiger partial charge on any atom is 0.405 e. The van der Waals surface area contributed by atoms with Crippen LogP contribution in [0, 0.1) is 5.92 Å². The highest BCUT2D eigenvalue weighted by Crippen LogP contribution is 2.25. The van der Waals surface area contributed by atoms with Crippen LogP contribution in [0.5, 0.6) is 0 Å². The average molecular weight is 308 g/mol. The normalized spacial score (nSPS) is 31.0. The monoisotopic (exact) mass is 308 g/mol. The van der Waals surface area contributed by atoms with Gasteiger partial charge in [0.25, 0.3) is 0 Å². The minimum atomic E-state index is -4.41. The summed E-state index contributed by atoms with van der Waals surface area (Å²) < 4.78 is 41.4. The highest BCUT2D eigenvalue weighted by Gasteiger charge is 2.39. The smallest absolute Gasteiger partial charge is 0.405 e. The Morgan fingerprint density at radius 2 is 2.19 bits per heavy atom. The highest BCUT2D eigenvalue weighted by atomic mass is 19.4. The number of halogens is 3. The number of nitrogens with zero attached hydrogens (tertiary/aromatic N) is 1. The minimum absolute atomic E-state index is 0.151. The second kappa shape index (κ2) is 6.21. The largest absolute Gasteiger partial charge is 0.461 e. The molecule has 0 aromatic rings. The number of rotatable bonds is 3. The lowest BCUT2D eigenvalue weighted by Gasteiger charge is -2.34. The zero-order chi connectivity index (χ0) is 15.6. The van der Waals surface area contributed by atoms with Crippen molar-refractivity contribution in [3.05, 3.63) is 0 Å². The second-order valence-electron chi connectivity index (χ2n) is 5.67. The van der Waals surface area contributed by atoms with Gasteiger partial charge in [-0.25, -0.2) is 0 Å². The molecule has 1 amide bonds. The van der Waals surface area contributed by atoms with E-state index >= 15 is 0 Å². The van der Waals surface area contributed by atoms with E-state index in [1.54, 1.807) is 6.92 Å². The Morgan fingerprint density at radius 3 is 2.76 bits per heavy atom. The molecule has 0 radical (unpaired) electrons. The fourth-order valence-electron chi connectivity index (χ4n) is 2.87. The van der Waals surface area contributed by atoms with E-state index < -0.39 is 24.5 Å². The van der Waals surface area contributed by atoms with Crippen LogP contribution in [0.2, 0.25) is 0 Å². The van der Waals surface area contributed by atoms with Gasteiger partial charge in [0.05, 0.1) is 5.92 Å². The molecule has 0 aromatic heterocycles. The number of carbonyl (C=O) groups excluding carboxylic acids is 2. The summed E-state index contributed by atoms with van der Waals surface area (Å²) in [5.41, 5.74) is 0. The van der Waals surface area contributed by atoms with Crippen molar-refractivity contribution >= 4 is 11.9 Å². The van der Waals surface area contributed by atoms with Crippen LogP contribution in [-0.2, 0) is 14.3 Å². The van der Waals surface area contributed by atoms with E-state index in [1.165, 1.54) is 0 Å². The number of cyclic esters (lactones) is 1. The first-order chi connectivity index (χ1) is 9.76. The van der Waals surface area contributed by atoms with Gasteiger partial charge in [-0.15, -0.1) is 0 Å². The molecule has 0 aromatic carbocycles. The first-order valence-electron chi connectivity index (χ1n) is 7.05. The molecular formula is C13H19F3N2O3. The maximum atomic E-state index is 12.1. The summed E-state index contributed by atoms with van der Waals surface area (Å²) in [4.78, 5) is 25.4. The Kier molecular flexibility index (Phi) is 4.75. The lowest BCUT2D eigenvalue weighted by molar-refractivity contribution is -0.147. The van der Waals surface area contributed by atoms with Crippen LogP contribution in [0.3, 0.4) is 0 Å². The third-order valence-electron chi connectivity index (χ3n) is 3.87. The van der Waals surface area contributed by atoms with Crippen molar-refractivity contribution in [1.82, 2.24) is 10.2 Å². The topological polar surface area (TPSA) is 58.6 Å². The van der Waals surface area contributed by atoms with Crippen molar-refractivity contribution in [3.63, 3.8) is 0 Å². The Hall–Kier alpha value is -1.31. The molecule has 0 spiro atoms. The molecule has 21 heavy (non-hydrogen) atoms. The molecule has 0 aliphatic carbocycles. The molecule has 2 aliphatic rings. The van der Waals surface area contributed by atoms with Crippen LogP contribution >= 0.6 is 0 Å². The van der Waals surface area contributed by atoms with Gasteiger partial charge in [0.15, 0.2) is 0 Å². The molecule has 0 unspecified atom stereocenters. The van der Waals surface area contributed by atoms with Crippen LogP contribution in [0.1, 0.15) is 26.2 Å². The van der Waals surface area contributed by atoms with E-state index in [-0.39, 0.29) is 18.1 Å². The molecule has 120 valence electrons. The number of alkyl halides is 3. The van der Waals surface area contributed by atoms with E-state index in [1.807, 2.05) is 10.2 Å². The zero-order valence-electron chi connectivity index (χ0n) is 11.8. The number of ether oxygens (including phenoxy) is 1. The first kappa shape index (κ1) is 16.1. The predicted octanol–water partition coefficient (Wildman–Crippen LogP) is 1.08. The van der Waals surface area contributed by atoms with Crippen molar-refractivity contribution in [2.24, 2.45) is 5.92 Å². The summed E-state index contributed by atoms with van der Waals surface area (Å²) in [6.45, 7) is 1.45. The third kappa shape index (κ3) is 4.33. The molecule has 2 aliphatic heterocycles. The molecule has 8 heteroatoms. The van der Waals surface area contributed by atoms with Crippen molar-refractivity contribution in [2.75, 3.05) is 19.6 Å². The van der Waals surface area contributed by atoms with Crippen molar-refractivity contribution < 1.29 is 27.5 Å². The van der Waals surface area contributed by atoms with Gasteiger partial charge in [-0.05, 0) is 26.3 Å². The standard InChI is InChI=1S/C13H19F3N2O3/c1-8-5-10(12(20)21-8)18-4-2-3-9(6-18)11(19)17-7-13(14,15)16/h8-10H,2-7H2,1H3,(H,17,19)/t8-,9-,10-/m1/s1. The molecule has 2 heterocycles. The number of likely N-dealkylation sites (tertiary alicyclic amines) is 1. The molecule has 0 bridgehead atoms. The maximum absolute atomic E-state index is 12.1. The summed E-state index contributed by atoms with van der Waals surface area (Å²) in [6.07, 6.45) is -2.77. The Labute approximate surface area is 120 Å². The fraction of sp³-hybridized carbons (Fsp3) is 0.846. The van der Waals surface area contributed by atoms with E-state index in [0.717, 1.165) is 0 Å². The molecule has 2 saturated heterocycles. The summed E-state index contributed by atoms with van der Waals surface area (Å²) in [6, 6.07) is -0.377. The van der Waals surface area contributed by atoms with Crippen LogP contribution in [0.4, 0.5) is 13.2 Å². The first-order valence-corrected chi connectivity index (χ1v) is 7.05. The van der Waals surface area contributed by atoms with Crippen molar-refractivity contribution in [3.8, 4) is 0 Å². The predicted molar refractivity (Wildman–Crippen MR) is 67.3 cm³/mol. The van der Waals surface area contributed by atoms with Gasteiger partial charge in [-0.3, -0.25) is 14.5 Å². The molecule has 0 saturated carbocycles. The minimum Gasteiger partial charge on any atom is -0.461 e. The third-order valence-corrected chi connectivity index (χ3v) is 3.87. The summed E-state index contributed by atoms with van der Waals surface area (Å²) in [5.74, 6) is -1.42. The van der Waals surface area contributed by atoms with Crippen molar-refractivity contribution in [1.29, 1.82) is 0 Å². The Balaban J connectivity index is 1.88. The Bertz CT molecular complexity index is 414. The lowest BCUT2D eigenvalue weighted by atomic mass is 9.95. The van der Waals surface area contributed by atoms with Crippen LogP contribution in [0.15, 0.2) is 0 Å². The highest BCUT2D eigenvalue weighted by molar-refractivity contribution is 5.80. The molecule has 2 rings (SSSR count). The van der Waals surface area contributed by atoms with Gasteiger partial charge in [0, 0.05) is 13.0 Å². The van der Waals surface area contributed by atoms with Crippen LogP contribution in [-0.4, -0.2) is 54.7 Å². The van der Waals surface area contributed by atoms with Crippen molar-refractivity contribution in [2.45, 2.75) is 44.5 Å². The molecule has 3 atom stereocenters. The number of hydrogen-bond acceptors (Lipinski definition) is 4. The van der Waals surface area contributed by atoms with E-state index in [2.05, 4.69) is 0 Å². The number of amides is 1. The number of nitrogens with one attached hydrogen (secondary N) is 1. The molecular weight excluding hydrogens is 289 g/mol. The summed E-state index contributed by atoms with van der Waals surface area (Å²) in [5, 5.41) is 1.92. The molecule has 5 nitrogen and oxygen atoms in total. The Morgan fingerprint density at radius 1 is 1.48 bits per heavy atom. The summed E-state index contributed by atoms with van der Waals surface area (Å²) in [7, 11) is 0. The lowest BCUT2D eigenvalue weighted by Crippen LogP contribution is -2.49. The number of esters is 1. The van der Waals surface area contributed by atoms with Crippen LogP contribution < -0.4 is 5.32 Å². The van der Waals surface area contributed by atoms with E-state index in [9.17, 15) is 22.8 Å². The average Bonchev–Trinajstić information content (AvgIpc) is 2.74.